The van der Waals surface area contributed by atoms with E-state index in [4.69, 9.17) is 0 Å². The minimum absolute atomic E-state index is 0.000273. The number of amides is 1. The van der Waals surface area contributed by atoms with Crippen molar-refractivity contribution in [1.82, 2.24) is 14.4 Å². The van der Waals surface area contributed by atoms with Crippen molar-refractivity contribution < 1.29 is 9.90 Å². The maximum atomic E-state index is 14.1. The predicted molar refractivity (Wildman–Crippen MR) is 126 cm³/mol. The summed E-state index contributed by atoms with van der Waals surface area (Å²) in [7, 11) is 0. The third-order valence-corrected chi connectivity index (χ3v) is 8.72. The Bertz CT molecular complexity index is 1110. The maximum Gasteiger partial charge on any atom is 0.250 e. The van der Waals surface area contributed by atoms with Gasteiger partial charge in [0.15, 0.2) is 0 Å². The zero-order chi connectivity index (χ0) is 22.5. The molecule has 6 rings (SSSR count). The van der Waals surface area contributed by atoms with Gasteiger partial charge < -0.3 is 14.6 Å². The Labute approximate surface area is 194 Å². The van der Waals surface area contributed by atoms with Crippen LogP contribution >= 0.6 is 0 Å². The van der Waals surface area contributed by atoms with Crippen molar-refractivity contribution in [2.24, 2.45) is 17.8 Å². The van der Waals surface area contributed by atoms with Crippen LogP contribution in [-0.4, -0.2) is 51.1 Å². The van der Waals surface area contributed by atoms with Gasteiger partial charge >= 0.3 is 0 Å². The molecule has 174 valence electrons. The van der Waals surface area contributed by atoms with E-state index >= 15 is 0 Å². The first-order valence-corrected chi connectivity index (χ1v) is 12.6. The fraction of sp³-hybridized carbons (Fsp3) is 0.556. The molecule has 0 unspecified atom stereocenters. The van der Waals surface area contributed by atoms with E-state index < -0.39 is 0 Å². The van der Waals surface area contributed by atoms with Crippen LogP contribution in [0.4, 0.5) is 0 Å². The molecule has 2 fully saturated rings. The summed E-state index contributed by atoms with van der Waals surface area (Å²) in [6, 6.07) is 13.7. The van der Waals surface area contributed by atoms with Crippen molar-refractivity contribution in [3.8, 4) is 0 Å². The first-order valence-electron chi connectivity index (χ1n) is 12.6. The number of rotatable bonds is 4. The second kappa shape index (κ2) is 8.41. The number of carbonyl (C=O) groups excluding carboxylic acids is 1. The average molecular weight is 448 g/mol. The molecule has 6 nitrogen and oxygen atoms in total. The fourth-order valence-electron chi connectivity index (χ4n) is 7.09. The van der Waals surface area contributed by atoms with Gasteiger partial charge in [0.25, 0.3) is 5.56 Å². The molecular weight excluding hydrogens is 414 g/mol. The molecule has 0 radical (unpaired) electrons. The molecule has 4 heterocycles. The summed E-state index contributed by atoms with van der Waals surface area (Å²) in [5.41, 5.74) is 3.49. The standard InChI is InChI=1S/C27H33N3O3/c31-17-21-23-16-29-22(10-5-11-24(29)32)26(30(23)14-18-6-1-2-7-18)25(21)27(33)28-13-12-19-8-3-4-9-20(19)15-28/h3-5,8-11,18,21,23,25-26,31H,1-2,6-7,12-17H2/t21-,23-,25+,26+/m1/s1. The van der Waals surface area contributed by atoms with Crippen molar-refractivity contribution in [2.75, 3.05) is 19.7 Å². The molecule has 1 aromatic carbocycles. The Morgan fingerprint density at radius 1 is 1.03 bits per heavy atom. The lowest BCUT2D eigenvalue weighted by Gasteiger charge is -2.40. The largest absolute Gasteiger partial charge is 0.396 e. The number of fused-ring (bicyclic) bond motifs is 5. The fourth-order valence-corrected chi connectivity index (χ4v) is 7.09. The van der Waals surface area contributed by atoms with E-state index in [1.807, 2.05) is 27.7 Å². The number of nitrogens with zero attached hydrogens (tertiary/aromatic N) is 3. The SMILES string of the molecule is O=C([C@H]1[C@H](CO)[C@H]2Cn3c(cccc3=O)[C@@H]1N2CC1CCCC1)N1CCc2ccccc2C1. The molecule has 1 saturated heterocycles. The first kappa shape index (κ1) is 21.1. The van der Waals surface area contributed by atoms with E-state index in [1.54, 1.807) is 6.07 Å². The van der Waals surface area contributed by atoms with Gasteiger partial charge in [-0.1, -0.05) is 43.2 Å². The van der Waals surface area contributed by atoms with Crippen molar-refractivity contribution in [3.63, 3.8) is 0 Å². The summed E-state index contributed by atoms with van der Waals surface area (Å²) < 4.78 is 1.86. The van der Waals surface area contributed by atoms with Crippen molar-refractivity contribution in [2.45, 2.75) is 57.3 Å². The molecule has 33 heavy (non-hydrogen) atoms. The summed E-state index contributed by atoms with van der Waals surface area (Å²) in [5.74, 6) is 0.312. The van der Waals surface area contributed by atoms with Gasteiger partial charge in [-0.2, -0.15) is 0 Å². The minimum Gasteiger partial charge on any atom is -0.396 e. The van der Waals surface area contributed by atoms with E-state index in [2.05, 4.69) is 23.1 Å². The van der Waals surface area contributed by atoms with Gasteiger partial charge in [-0.15, -0.1) is 0 Å². The second-order valence-corrected chi connectivity index (χ2v) is 10.4. The van der Waals surface area contributed by atoms with Crippen LogP contribution in [0.2, 0.25) is 0 Å². The second-order valence-electron chi connectivity index (χ2n) is 10.4. The van der Waals surface area contributed by atoms with Gasteiger partial charge in [0.05, 0.1) is 12.0 Å². The minimum atomic E-state index is -0.317. The van der Waals surface area contributed by atoms with Gasteiger partial charge in [0, 0.05) is 56.5 Å². The third kappa shape index (κ3) is 3.46. The van der Waals surface area contributed by atoms with Gasteiger partial charge in [-0.05, 0) is 42.4 Å². The van der Waals surface area contributed by atoms with Crippen molar-refractivity contribution >= 4 is 5.91 Å². The number of hydrogen-bond acceptors (Lipinski definition) is 4. The zero-order valence-electron chi connectivity index (χ0n) is 19.1. The Hall–Kier alpha value is -2.44. The van der Waals surface area contributed by atoms with E-state index in [-0.39, 0.29) is 42.0 Å². The number of aromatic nitrogens is 1. The van der Waals surface area contributed by atoms with E-state index in [1.165, 1.54) is 36.8 Å². The van der Waals surface area contributed by atoms with Crippen LogP contribution in [0, 0.1) is 17.8 Å². The number of carbonyl (C=O) groups is 1. The van der Waals surface area contributed by atoms with Crippen LogP contribution < -0.4 is 5.56 Å². The first-order chi connectivity index (χ1) is 16.2. The molecule has 1 aromatic heterocycles. The smallest absolute Gasteiger partial charge is 0.250 e. The lowest BCUT2D eigenvalue weighted by atomic mass is 9.85. The number of benzene rings is 1. The van der Waals surface area contributed by atoms with Crippen LogP contribution in [0.25, 0.3) is 0 Å². The molecule has 4 atom stereocenters. The predicted octanol–water partition coefficient (Wildman–Crippen LogP) is 2.59. The highest BCUT2D eigenvalue weighted by Crippen LogP contribution is 2.50. The summed E-state index contributed by atoms with van der Waals surface area (Å²) in [5, 5.41) is 10.5. The molecule has 1 aliphatic carbocycles. The highest BCUT2D eigenvalue weighted by atomic mass is 16.3. The molecule has 4 aliphatic rings. The molecule has 3 aliphatic heterocycles. The lowest BCUT2D eigenvalue weighted by molar-refractivity contribution is -0.139. The number of hydrogen-bond donors (Lipinski definition) is 1. The van der Waals surface area contributed by atoms with Crippen LogP contribution in [0.5, 0.6) is 0 Å². The number of aliphatic hydroxyl groups is 1. The lowest BCUT2D eigenvalue weighted by Crippen LogP contribution is -2.48. The molecule has 2 bridgehead atoms. The number of aliphatic hydroxyl groups excluding tert-OH is 1. The average Bonchev–Trinajstić information content (AvgIpc) is 3.42. The van der Waals surface area contributed by atoms with E-state index in [0.717, 1.165) is 18.7 Å². The van der Waals surface area contributed by atoms with Gasteiger partial charge in [0.2, 0.25) is 5.91 Å². The van der Waals surface area contributed by atoms with Crippen LogP contribution in [0.3, 0.4) is 0 Å². The quantitative estimate of drug-likeness (QED) is 0.783. The normalized spacial score (nSPS) is 29.2. The zero-order valence-corrected chi connectivity index (χ0v) is 19.1. The van der Waals surface area contributed by atoms with Gasteiger partial charge in [-0.3, -0.25) is 14.5 Å². The molecule has 1 N–H and O–H groups in total. The van der Waals surface area contributed by atoms with Crippen molar-refractivity contribution in [3.05, 3.63) is 69.6 Å². The molecule has 2 aromatic rings. The maximum absolute atomic E-state index is 14.1. The summed E-state index contributed by atoms with van der Waals surface area (Å²) in [6.45, 7) is 2.85. The van der Waals surface area contributed by atoms with E-state index in [0.29, 0.717) is 25.6 Å². The van der Waals surface area contributed by atoms with Gasteiger partial charge in [0.1, 0.15) is 0 Å². The summed E-state index contributed by atoms with van der Waals surface area (Å²) >= 11 is 0. The highest BCUT2D eigenvalue weighted by molar-refractivity contribution is 5.81. The molecule has 1 saturated carbocycles. The molecule has 1 amide bonds. The monoisotopic (exact) mass is 447 g/mol. The molecule has 0 spiro atoms. The summed E-state index contributed by atoms with van der Waals surface area (Å²) in [6.07, 6.45) is 5.91. The Morgan fingerprint density at radius 3 is 2.61 bits per heavy atom. The topological polar surface area (TPSA) is 65.8 Å². The Morgan fingerprint density at radius 2 is 1.82 bits per heavy atom. The third-order valence-electron chi connectivity index (χ3n) is 8.72. The Kier molecular flexibility index (Phi) is 5.38. The van der Waals surface area contributed by atoms with Crippen LogP contribution in [0.1, 0.15) is 48.5 Å². The summed E-state index contributed by atoms with van der Waals surface area (Å²) in [4.78, 5) is 31.3. The van der Waals surface area contributed by atoms with Crippen molar-refractivity contribution in [1.29, 1.82) is 0 Å². The Balaban J connectivity index is 1.37. The van der Waals surface area contributed by atoms with Crippen LogP contribution in [-0.2, 0) is 24.3 Å². The number of pyridine rings is 1. The molecular formula is C27H33N3O3. The van der Waals surface area contributed by atoms with E-state index in [9.17, 15) is 14.7 Å². The highest BCUT2D eigenvalue weighted by Gasteiger charge is 2.56. The van der Waals surface area contributed by atoms with Gasteiger partial charge in [-0.25, -0.2) is 0 Å². The van der Waals surface area contributed by atoms with Crippen LogP contribution in [0.15, 0.2) is 47.3 Å². The molecule has 6 heteroatoms.